The molecular weight excluding hydrogens is 447 g/mol. The van der Waals surface area contributed by atoms with Crippen molar-refractivity contribution in [2.75, 3.05) is 31.7 Å². The van der Waals surface area contributed by atoms with Gasteiger partial charge < -0.3 is 28.7 Å². The fraction of sp³-hybridized carbons (Fsp3) is 0.455. The van der Waals surface area contributed by atoms with E-state index in [2.05, 4.69) is 15.1 Å². The lowest BCUT2D eigenvalue weighted by atomic mass is 9.87. The number of aromatic nitrogens is 2. The van der Waals surface area contributed by atoms with Crippen LogP contribution in [0, 0.1) is 6.57 Å². The number of carbonyl (C=O) groups excluding carboxylic acids is 1. The molecule has 2 aromatic rings. The fourth-order valence-corrected chi connectivity index (χ4v) is 4.75. The molecule has 2 bridgehead atoms. The first-order chi connectivity index (χ1) is 16.5. The Morgan fingerprint density at radius 3 is 3.00 bits per heavy atom. The summed E-state index contributed by atoms with van der Waals surface area (Å²) in [7, 11) is -1.25. The number of benzene rings is 1. The Labute approximate surface area is 194 Å². The van der Waals surface area contributed by atoms with Crippen LogP contribution < -0.4 is 11.0 Å². The summed E-state index contributed by atoms with van der Waals surface area (Å²) in [5.74, 6) is -0.244. The molecule has 3 aliphatic rings. The first-order valence-electron chi connectivity index (χ1n) is 11.1. The van der Waals surface area contributed by atoms with Crippen LogP contribution in [0.15, 0.2) is 47.4 Å². The van der Waals surface area contributed by atoms with Gasteiger partial charge in [0.25, 0.3) is 5.91 Å². The van der Waals surface area contributed by atoms with E-state index in [1.165, 1.54) is 16.8 Å². The average molecular weight is 473 g/mol. The molecule has 3 aliphatic heterocycles. The van der Waals surface area contributed by atoms with Crippen molar-refractivity contribution in [3.8, 4) is 0 Å². The molecule has 0 radical (unpaired) electrons. The van der Waals surface area contributed by atoms with E-state index in [9.17, 15) is 9.59 Å². The molecule has 1 aromatic carbocycles. The largest absolute Gasteiger partial charge is 0.370 e. The Kier molecular flexibility index (Phi) is 6.76. The molecule has 0 spiro atoms. The lowest BCUT2D eigenvalue weighted by molar-refractivity contribution is -0.318. The molecule has 1 N–H and O–H groups in total. The Balaban J connectivity index is 1.46. The van der Waals surface area contributed by atoms with Crippen LogP contribution in [0.1, 0.15) is 31.3 Å². The van der Waals surface area contributed by atoms with Crippen molar-refractivity contribution in [3.63, 3.8) is 0 Å². The van der Waals surface area contributed by atoms with Crippen molar-refractivity contribution in [2.24, 2.45) is 0 Å². The summed E-state index contributed by atoms with van der Waals surface area (Å²) in [5, 5.41) is 2.62. The van der Waals surface area contributed by atoms with Gasteiger partial charge in [0, 0.05) is 26.2 Å². The van der Waals surface area contributed by atoms with Crippen molar-refractivity contribution < 1.29 is 24.7 Å². The van der Waals surface area contributed by atoms with Gasteiger partial charge in [0.1, 0.15) is 24.1 Å². The molecule has 4 heterocycles. The van der Waals surface area contributed by atoms with E-state index in [0.717, 1.165) is 0 Å². The molecule has 0 aliphatic carbocycles. The second kappa shape index (κ2) is 10.1. The van der Waals surface area contributed by atoms with E-state index >= 15 is 0 Å². The number of rotatable bonds is 8. The third-order valence-electron chi connectivity index (χ3n) is 5.38. The van der Waals surface area contributed by atoms with Crippen molar-refractivity contribution in [1.29, 1.82) is 0 Å². The van der Waals surface area contributed by atoms with Crippen LogP contribution in [0.25, 0.3) is 4.85 Å². The number of nitrogens with one attached hydrogen (secondary N) is 1. The number of anilines is 1. The van der Waals surface area contributed by atoms with Crippen LogP contribution >= 0.6 is 8.38 Å². The number of hydrogen-bond donors (Lipinski definition) is 1. The van der Waals surface area contributed by atoms with Crippen LogP contribution in [0.4, 0.5) is 5.82 Å². The van der Waals surface area contributed by atoms with Crippen LogP contribution in [0.2, 0.25) is 0 Å². The van der Waals surface area contributed by atoms with Gasteiger partial charge in [0.15, 0.2) is 14.6 Å². The summed E-state index contributed by atoms with van der Waals surface area (Å²) in [4.78, 5) is 32.4. The highest BCUT2D eigenvalue weighted by atomic mass is 31.2. The van der Waals surface area contributed by atoms with Gasteiger partial charge in [-0.05, 0) is 25.1 Å². The number of hydrogen-bond acceptors (Lipinski definition) is 7. The predicted octanol–water partition coefficient (Wildman–Crippen LogP) is 2.83. The second-order valence-corrected chi connectivity index (χ2v) is 9.08. The molecule has 5 rings (SSSR count). The van der Waals surface area contributed by atoms with E-state index < -0.39 is 38.1 Å². The topological polar surface area (TPSA) is 105 Å². The highest BCUT2D eigenvalue weighted by Crippen LogP contribution is 2.47. The first-order valence-corrected chi connectivity index (χ1v) is 12.0. The third kappa shape index (κ3) is 5.29. The number of fused-ring (bicyclic) bond motifs is 3. The average Bonchev–Trinajstić information content (AvgIpc) is 2.85. The van der Waals surface area contributed by atoms with Gasteiger partial charge in [-0.3, -0.25) is 9.36 Å². The SMILES string of the molecule is [2H]CC12COC(CC1OP(C)OCC[N+]#[C-])C(n1ccc(NC(=O)c3ccccc3)nc1=O)O2. The van der Waals surface area contributed by atoms with Crippen molar-refractivity contribution in [2.45, 2.75) is 37.4 Å². The van der Waals surface area contributed by atoms with Gasteiger partial charge in [-0.1, -0.05) is 18.2 Å². The van der Waals surface area contributed by atoms with E-state index in [0.29, 0.717) is 12.0 Å². The van der Waals surface area contributed by atoms with E-state index in [-0.39, 0.29) is 38.4 Å². The van der Waals surface area contributed by atoms with Crippen LogP contribution in [0.3, 0.4) is 0 Å². The molecular formula is C22H25N4O6P. The molecule has 33 heavy (non-hydrogen) atoms. The molecule has 0 saturated carbocycles. The summed E-state index contributed by atoms with van der Waals surface area (Å²) < 4.78 is 33.1. The Hall–Kier alpha value is -2.67. The molecule has 10 nitrogen and oxygen atoms in total. The summed E-state index contributed by atoms with van der Waals surface area (Å²) in [5.41, 5.74) is -1.21. The summed E-state index contributed by atoms with van der Waals surface area (Å²) in [6.45, 7) is 9.21. The summed E-state index contributed by atoms with van der Waals surface area (Å²) >= 11 is 0. The maximum Gasteiger partial charge on any atom is 0.351 e. The normalized spacial score (nSPS) is 27.4. The van der Waals surface area contributed by atoms with E-state index in [1.807, 2.05) is 0 Å². The minimum absolute atomic E-state index is 0.125. The maximum absolute atomic E-state index is 12.8. The highest BCUT2D eigenvalue weighted by Gasteiger charge is 2.54. The Bertz CT molecular complexity index is 1110. The zero-order valence-electron chi connectivity index (χ0n) is 19.0. The summed E-state index contributed by atoms with van der Waals surface area (Å²) in [6.07, 6.45) is 0.232. The zero-order chi connectivity index (χ0) is 24.1. The predicted molar refractivity (Wildman–Crippen MR) is 121 cm³/mol. The van der Waals surface area contributed by atoms with E-state index in [4.69, 9.17) is 26.5 Å². The van der Waals surface area contributed by atoms with Crippen molar-refractivity contribution in [3.05, 3.63) is 70.1 Å². The molecule has 5 atom stereocenters. The minimum Gasteiger partial charge on any atom is -0.370 e. The zero-order valence-corrected chi connectivity index (χ0v) is 18.9. The lowest BCUT2D eigenvalue weighted by Crippen LogP contribution is -2.62. The summed E-state index contributed by atoms with van der Waals surface area (Å²) in [6, 6.07) is 10.1. The number of amides is 1. The van der Waals surface area contributed by atoms with Gasteiger partial charge >= 0.3 is 5.69 Å². The number of nitrogens with zero attached hydrogens (tertiary/aromatic N) is 3. The maximum atomic E-state index is 12.8. The lowest BCUT2D eigenvalue weighted by Gasteiger charge is -2.53. The first kappa shape index (κ1) is 22.1. The van der Waals surface area contributed by atoms with Crippen molar-refractivity contribution >= 4 is 20.1 Å². The standard InChI is InChI=1S/C22H25N4O6P/c1-22-14-29-16(13-17(22)32-33(3)30-12-10-23-2)20(31-22)26-11-9-18(25-21(26)28)24-19(27)15-7-5-4-6-8-15/h4-9,11,16-17,20H,10,12-14H2,1,3H3,(H,24,25,27,28)/i1D. The molecule has 3 saturated heterocycles. The molecule has 11 heteroatoms. The minimum atomic E-state index is -1.25. The molecule has 5 unspecified atom stereocenters. The van der Waals surface area contributed by atoms with Crippen LogP contribution in [0.5, 0.6) is 0 Å². The molecule has 3 fully saturated rings. The smallest absolute Gasteiger partial charge is 0.351 e. The quantitative estimate of drug-likeness (QED) is 0.357. The van der Waals surface area contributed by atoms with Crippen LogP contribution in [-0.2, 0) is 18.5 Å². The van der Waals surface area contributed by atoms with Gasteiger partial charge in [-0.15, -0.1) is 0 Å². The van der Waals surface area contributed by atoms with Crippen LogP contribution in [-0.4, -0.2) is 59.7 Å². The van der Waals surface area contributed by atoms with Gasteiger partial charge in [0.05, 0.1) is 12.7 Å². The van der Waals surface area contributed by atoms with E-state index in [1.54, 1.807) is 37.0 Å². The molecule has 1 aromatic heterocycles. The Morgan fingerprint density at radius 1 is 1.45 bits per heavy atom. The highest BCUT2D eigenvalue weighted by molar-refractivity contribution is 7.46. The monoisotopic (exact) mass is 473 g/mol. The third-order valence-corrected chi connectivity index (χ3v) is 6.48. The van der Waals surface area contributed by atoms with Crippen molar-refractivity contribution in [1.82, 2.24) is 9.55 Å². The fourth-order valence-electron chi connectivity index (χ4n) is 3.71. The van der Waals surface area contributed by atoms with Gasteiger partial charge in [0.2, 0.25) is 6.54 Å². The molecule has 174 valence electrons. The number of carbonyl (C=O) groups is 1. The molecule has 1 amide bonds. The van der Waals surface area contributed by atoms with Gasteiger partial charge in [-0.2, -0.15) is 4.98 Å². The van der Waals surface area contributed by atoms with Gasteiger partial charge in [-0.25, -0.2) is 11.4 Å². The number of ether oxygens (including phenoxy) is 2. The second-order valence-electron chi connectivity index (χ2n) is 7.73. The Morgan fingerprint density at radius 2 is 2.27 bits per heavy atom.